The van der Waals surface area contributed by atoms with E-state index in [0.717, 1.165) is 0 Å². The molecule has 0 spiro atoms. The number of nitrogens with zero attached hydrogens (tertiary/aromatic N) is 2. The van der Waals surface area contributed by atoms with E-state index in [1.165, 1.54) is 12.4 Å². The number of rotatable bonds is 5. The number of esters is 1. The number of aromatic nitrogens is 2. The molecule has 0 unspecified atom stereocenters. The Bertz CT molecular complexity index is 344. The molecule has 0 saturated carbocycles. The second kappa shape index (κ2) is 6.04. The van der Waals surface area contributed by atoms with Gasteiger partial charge in [0.05, 0.1) is 6.61 Å². The zero-order valence-electron chi connectivity index (χ0n) is 8.75. The summed E-state index contributed by atoms with van der Waals surface area (Å²) in [7, 11) is -1.60. The lowest BCUT2D eigenvalue weighted by Crippen LogP contribution is -2.31. The minimum atomic E-state index is -1.60. The number of hydrogen-bond donors (Lipinski definition) is 3. The molecule has 8 heteroatoms. The van der Waals surface area contributed by atoms with Crippen molar-refractivity contribution in [1.82, 2.24) is 9.97 Å². The lowest BCUT2D eigenvalue weighted by atomic mass is 9.83. The Kier molecular flexibility index (Phi) is 4.68. The van der Waals surface area contributed by atoms with Crippen LogP contribution < -0.4 is 10.8 Å². The van der Waals surface area contributed by atoms with Gasteiger partial charge >= 0.3 is 13.1 Å². The molecule has 1 aromatic heterocycles. The quantitative estimate of drug-likeness (QED) is 0.398. The number of anilines is 1. The average Bonchev–Trinajstić information content (AvgIpc) is 2.27. The number of carbonyl (C=O) groups excluding carboxylic acids is 1. The predicted octanol–water partition coefficient (Wildman–Crippen LogP) is -1.87. The third kappa shape index (κ3) is 3.83. The van der Waals surface area contributed by atoms with Crippen molar-refractivity contribution < 1.29 is 19.6 Å². The SMILES string of the molecule is CCOC(=O)CNc1ncc(B(O)O)cn1. The van der Waals surface area contributed by atoms with Crippen LogP contribution in [0.4, 0.5) is 5.95 Å². The Balaban J connectivity index is 2.46. The molecule has 1 rings (SSSR count). The molecule has 7 nitrogen and oxygen atoms in total. The van der Waals surface area contributed by atoms with Crippen molar-refractivity contribution in [3.05, 3.63) is 12.4 Å². The van der Waals surface area contributed by atoms with Gasteiger partial charge < -0.3 is 20.1 Å². The predicted molar refractivity (Wildman–Crippen MR) is 57.0 cm³/mol. The monoisotopic (exact) mass is 225 g/mol. The molecule has 3 N–H and O–H groups in total. The van der Waals surface area contributed by atoms with Crippen LogP contribution >= 0.6 is 0 Å². The normalized spacial score (nSPS) is 9.69. The van der Waals surface area contributed by atoms with Crippen LogP contribution in [0.25, 0.3) is 0 Å². The summed E-state index contributed by atoms with van der Waals surface area (Å²) in [5, 5.41) is 20.2. The van der Waals surface area contributed by atoms with Crippen molar-refractivity contribution in [2.75, 3.05) is 18.5 Å². The molecule has 0 radical (unpaired) electrons. The summed E-state index contributed by atoms with van der Waals surface area (Å²) in [6.45, 7) is 2.00. The Morgan fingerprint density at radius 2 is 2.12 bits per heavy atom. The van der Waals surface area contributed by atoms with E-state index in [4.69, 9.17) is 10.0 Å². The lowest BCUT2D eigenvalue weighted by molar-refractivity contribution is -0.140. The second-order valence-corrected chi connectivity index (χ2v) is 2.87. The minimum Gasteiger partial charge on any atom is -0.465 e. The van der Waals surface area contributed by atoms with Crippen molar-refractivity contribution in [2.24, 2.45) is 0 Å². The molecule has 1 heterocycles. The van der Waals surface area contributed by atoms with Gasteiger partial charge in [0.25, 0.3) is 0 Å². The van der Waals surface area contributed by atoms with Crippen molar-refractivity contribution in [2.45, 2.75) is 6.92 Å². The number of nitrogens with one attached hydrogen (secondary N) is 1. The summed E-state index contributed by atoms with van der Waals surface area (Å²) in [5.74, 6) is -0.185. The summed E-state index contributed by atoms with van der Waals surface area (Å²) >= 11 is 0. The fourth-order valence-corrected chi connectivity index (χ4v) is 0.926. The van der Waals surface area contributed by atoms with Gasteiger partial charge in [0, 0.05) is 17.9 Å². The molecule has 0 fully saturated rings. The highest BCUT2D eigenvalue weighted by molar-refractivity contribution is 6.58. The van der Waals surface area contributed by atoms with E-state index in [2.05, 4.69) is 20.0 Å². The summed E-state index contributed by atoms with van der Waals surface area (Å²) in [6.07, 6.45) is 2.51. The van der Waals surface area contributed by atoms with Crippen LogP contribution in [-0.4, -0.2) is 46.3 Å². The molecular formula is C8H12BN3O4. The first kappa shape index (κ1) is 12.4. The van der Waals surface area contributed by atoms with E-state index in [-0.39, 0.29) is 18.0 Å². The van der Waals surface area contributed by atoms with Crippen molar-refractivity contribution >= 4 is 24.5 Å². The lowest BCUT2D eigenvalue weighted by Gasteiger charge is -2.04. The van der Waals surface area contributed by atoms with E-state index >= 15 is 0 Å². The molecule has 0 aliphatic carbocycles. The highest BCUT2D eigenvalue weighted by Gasteiger charge is 2.11. The summed E-state index contributed by atoms with van der Waals surface area (Å²) in [5.41, 5.74) is 0.182. The Hall–Kier alpha value is -1.67. The summed E-state index contributed by atoms with van der Waals surface area (Å²) in [4.78, 5) is 18.5. The van der Waals surface area contributed by atoms with Crippen LogP contribution in [0.1, 0.15) is 6.92 Å². The van der Waals surface area contributed by atoms with Gasteiger partial charge in [-0.3, -0.25) is 4.79 Å². The van der Waals surface area contributed by atoms with E-state index < -0.39 is 13.1 Å². The van der Waals surface area contributed by atoms with Crippen LogP contribution in [0, 0.1) is 0 Å². The molecule has 0 atom stereocenters. The fraction of sp³-hybridized carbons (Fsp3) is 0.375. The Morgan fingerprint density at radius 3 is 2.62 bits per heavy atom. The second-order valence-electron chi connectivity index (χ2n) is 2.87. The van der Waals surface area contributed by atoms with Crippen LogP contribution in [-0.2, 0) is 9.53 Å². The van der Waals surface area contributed by atoms with Crippen LogP contribution in [0.15, 0.2) is 12.4 Å². The Morgan fingerprint density at radius 1 is 1.50 bits per heavy atom. The molecule has 0 aromatic carbocycles. The Labute approximate surface area is 92.6 Å². The third-order valence-electron chi connectivity index (χ3n) is 1.67. The number of ether oxygens (including phenoxy) is 1. The summed E-state index contributed by atoms with van der Waals surface area (Å²) < 4.78 is 4.69. The first-order chi connectivity index (χ1) is 7.63. The fourth-order valence-electron chi connectivity index (χ4n) is 0.926. The van der Waals surface area contributed by atoms with E-state index in [1.54, 1.807) is 6.92 Å². The number of hydrogen-bond acceptors (Lipinski definition) is 7. The molecule has 0 saturated heterocycles. The van der Waals surface area contributed by atoms with Gasteiger partial charge in [-0.2, -0.15) is 0 Å². The van der Waals surface area contributed by atoms with Crippen molar-refractivity contribution in [3.63, 3.8) is 0 Å². The van der Waals surface area contributed by atoms with E-state index in [9.17, 15) is 4.79 Å². The van der Waals surface area contributed by atoms with Crippen LogP contribution in [0.2, 0.25) is 0 Å². The molecule has 0 aliphatic heterocycles. The zero-order valence-corrected chi connectivity index (χ0v) is 8.75. The molecule has 1 aromatic rings. The first-order valence-electron chi connectivity index (χ1n) is 4.71. The average molecular weight is 225 g/mol. The topological polar surface area (TPSA) is 105 Å². The van der Waals surface area contributed by atoms with Gasteiger partial charge in [0.15, 0.2) is 0 Å². The molecular weight excluding hydrogens is 213 g/mol. The van der Waals surface area contributed by atoms with Gasteiger partial charge in [-0.1, -0.05) is 0 Å². The highest BCUT2D eigenvalue weighted by Crippen LogP contribution is 1.92. The molecule has 0 aliphatic rings. The minimum absolute atomic E-state index is 0.0329. The van der Waals surface area contributed by atoms with Gasteiger partial charge in [-0.15, -0.1) is 0 Å². The molecule has 86 valence electrons. The van der Waals surface area contributed by atoms with Crippen molar-refractivity contribution in [3.8, 4) is 0 Å². The van der Waals surface area contributed by atoms with Gasteiger partial charge in [0.2, 0.25) is 5.95 Å². The third-order valence-corrected chi connectivity index (χ3v) is 1.67. The van der Waals surface area contributed by atoms with Crippen LogP contribution in [0.5, 0.6) is 0 Å². The van der Waals surface area contributed by atoms with Gasteiger partial charge in [0.1, 0.15) is 6.54 Å². The largest absolute Gasteiger partial charge is 0.491 e. The number of carbonyl (C=O) groups is 1. The maximum atomic E-state index is 11.0. The van der Waals surface area contributed by atoms with E-state index in [1.807, 2.05) is 0 Å². The smallest absolute Gasteiger partial charge is 0.465 e. The maximum Gasteiger partial charge on any atom is 0.491 e. The maximum absolute atomic E-state index is 11.0. The molecule has 0 bridgehead atoms. The molecule has 16 heavy (non-hydrogen) atoms. The standard InChI is InChI=1S/C8H12BN3O4/c1-2-16-7(13)5-12-8-10-3-6(4-11-8)9(14)15/h3-4,14-15H,2,5H2,1H3,(H,10,11,12). The van der Waals surface area contributed by atoms with Crippen molar-refractivity contribution in [1.29, 1.82) is 0 Å². The van der Waals surface area contributed by atoms with Gasteiger partial charge in [-0.05, 0) is 6.92 Å². The zero-order chi connectivity index (χ0) is 12.0. The molecule has 0 amide bonds. The summed E-state index contributed by atoms with van der Waals surface area (Å²) in [6, 6.07) is 0. The van der Waals surface area contributed by atoms with Gasteiger partial charge in [-0.25, -0.2) is 9.97 Å². The van der Waals surface area contributed by atoms with Crippen LogP contribution in [0.3, 0.4) is 0 Å². The first-order valence-corrected chi connectivity index (χ1v) is 4.71. The van der Waals surface area contributed by atoms with E-state index in [0.29, 0.717) is 6.61 Å². The highest BCUT2D eigenvalue weighted by atomic mass is 16.5.